The first-order valence-corrected chi connectivity index (χ1v) is 9.67. The Bertz CT molecular complexity index is 1020. The van der Waals surface area contributed by atoms with E-state index in [0.717, 1.165) is 0 Å². The van der Waals surface area contributed by atoms with E-state index in [9.17, 15) is 9.59 Å². The number of furan rings is 1. The molecule has 0 radical (unpaired) electrons. The van der Waals surface area contributed by atoms with E-state index in [-0.39, 0.29) is 30.9 Å². The van der Waals surface area contributed by atoms with Crippen molar-refractivity contribution < 1.29 is 18.7 Å². The van der Waals surface area contributed by atoms with Gasteiger partial charge in [-0.2, -0.15) is 0 Å². The predicted molar refractivity (Wildman–Crippen MR) is 112 cm³/mol. The number of nitrogens with one attached hydrogen (secondary N) is 1. The number of hydrogen-bond acceptors (Lipinski definition) is 8. The number of methoxy groups -OCH3 is 1. The molecule has 0 saturated heterocycles. The minimum atomic E-state index is -1.19. The van der Waals surface area contributed by atoms with Crippen molar-refractivity contribution >= 4 is 23.5 Å². The van der Waals surface area contributed by atoms with Gasteiger partial charge in [0.1, 0.15) is 23.6 Å². The van der Waals surface area contributed by atoms with Crippen LogP contribution in [0.3, 0.4) is 0 Å². The summed E-state index contributed by atoms with van der Waals surface area (Å²) >= 11 is 0. The predicted octanol–water partition coefficient (Wildman–Crippen LogP) is 1.69. The van der Waals surface area contributed by atoms with Gasteiger partial charge in [-0.15, -0.1) is 0 Å². The summed E-state index contributed by atoms with van der Waals surface area (Å²) in [6.07, 6.45) is 1.87. The van der Waals surface area contributed by atoms with Crippen LogP contribution in [0.25, 0.3) is 0 Å². The molecule has 0 aliphatic carbocycles. The Balaban J connectivity index is 1.87. The van der Waals surface area contributed by atoms with E-state index >= 15 is 0 Å². The molecule has 1 aromatic carbocycles. The van der Waals surface area contributed by atoms with Gasteiger partial charge >= 0.3 is 0 Å². The third-order valence-corrected chi connectivity index (χ3v) is 5.16. The zero-order valence-corrected chi connectivity index (χ0v) is 17.6. The number of carbonyl (C=O) groups excluding carboxylic acids is 2. The van der Waals surface area contributed by atoms with Gasteiger partial charge in [-0.25, -0.2) is 4.68 Å². The van der Waals surface area contributed by atoms with Crippen LogP contribution in [0.15, 0.2) is 47.1 Å². The molecule has 3 aromatic rings. The summed E-state index contributed by atoms with van der Waals surface area (Å²) < 4.78 is 11.7. The number of benzene rings is 1. The maximum absolute atomic E-state index is 13.3. The van der Waals surface area contributed by atoms with Crippen LogP contribution in [0.2, 0.25) is 0 Å². The molecular formula is C20H25N7O4. The van der Waals surface area contributed by atoms with E-state index < -0.39 is 5.54 Å². The Morgan fingerprint density at radius 2 is 2.03 bits per heavy atom. The number of ether oxygens (including phenoxy) is 1. The summed E-state index contributed by atoms with van der Waals surface area (Å²) in [4.78, 5) is 28.0. The lowest BCUT2D eigenvalue weighted by Gasteiger charge is -2.39. The van der Waals surface area contributed by atoms with E-state index in [1.54, 1.807) is 50.4 Å². The van der Waals surface area contributed by atoms with Crippen LogP contribution in [0.5, 0.6) is 5.75 Å². The van der Waals surface area contributed by atoms with Crippen molar-refractivity contribution in [2.45, 2.75) is 38.9 Å². The highest BCUT2D eigenvalue weighted by atomic mass is 16.5. The molecule has 11 nitrogen and oxygen atoms in total. The summed E-state index contributed by atoms with van der Waals surface area (Å²) in [5.41, 5.74) is 5.10. The molecule has 31 heavy (non-hydrogen) atoms. The van der Waals surface area contributed by atoms with Crippen molar-refractivity contribution in [2.24, 2.45) is 0 Å². The minimum absolute atomic E-state index is 0.00665. The average Bonchev–Trinajstić information content (AvgIpc) is 3.43. The van der Waals surface area contributed by atoms with Crippen LogP contribution in [-0.2, 0) is 22.7 Å². The van der Waals surface area contributed by atoms with E-state index in [1.165, 1.54) is 15.8 Å². The van der Waals surface area contributed by atoms with E-state index in [0.29, 0.717) is 23.6 Å². The second-order valence-corrected chi connectivity index (χ2v) is 7.06. The molecule has 0 unspecified atom stereocenters. The Morgan fingerprint density at radius 3 is 2.58 bits per heavy atom. The summed E-state index contributed by atoms with van der Waals surface area (Å²) in [7, 11) is 1.57. The third-order valence-electron chi connectivity index (χ3n) is 5.16. The van der Waals surface area contributed by atoms with Gasteiger partial charge in [0.05, 0.1) is 19.9 Å². The van der Waals surface area contributed by atoms with Crippen molar-refractivity contribution in [3.63, 3.8) is 0 Å². The SMILES string of the molecule is CC[C@](C)(C(=O)Nc1ccc(OC)cc1)N(Cc1ccco1)C(=O)Cn1nnnc1N. The lowest BCUT2D eigenvalue weighted by molar-refractivity contribution is -0.146. The molecule has 2 aromatic heterocycles. The zero-order valence-electron chi connectivity index (χ0n) is 17.6. The average molecular weight is 427 g/mol. The van der Waals surface area contributed by atoms with Crippen LogP contribution < -0.4 is 15.8 Å². The standard InChI is InChI=1S/C20H25N7O4/c1-4-20(2,18(29)22-14-7-9-15(30-3)10-8-14)26(12-16-6-5-11-31-16)17(28)13-27-19(21)23-24-25-27/h5-11H,4,12-13H2,1-3H3,(H,22,29)(H2,21,23,25)/t20-/m1/s1. The van der Waals surface area contributed by atoms with Gasteiger partial charge in [0.15, 0.2) is 0 Å². The quantitative estimate of drug-likeness (QED) is 0.525. The fourth-order valence-electron chi connectivity index (χ4n) is 3.05. The molecule has 2 amide bonds. The Kier molecular flexibility index (Phi) is 6.53. The highest BCUT2D eigenvalue weighted by molar-refractivity contribution is 6.00. The first-order valence-electron chi connectivity index (χ1n) is 9.67. The molecule has 164 valence electrons. The molecule has 0 bridgehead atoms. The second kappa shape index (κ2) is 9.28. The van der Waals surface area contributed by atoms with Gasteiger partial charge in [0, 0.05) is 5.69 Å². The lowest BCUT2D eigenvalue weighted by atomic mass is 9.94. The zero-order chi connectivity index (χ0) is 22.4. The monoisotopic (exact) mass is 427 g/mol. The van der Waals surface area contributed by atoms with Crippen LogP contribution in [0.4, 0.5) is 11.6 Å². The maximum Gasteiger partial charge on any atom is 0.250 e. The molecule has 11 heteroatoms. The van der Waals surface area contributed by atoms with Gasteiger partial charge in [0.2, 0.25) is 17.8 Å². The molecule has 3 rings (SSSR count). The lowest BCUT2D eigenvalue weighted by Crippen LogP contribution is -2.57. The van der Waals surface area contributed by atoms with Gasteiger partial charge in [-0.1, -0.05) is 12.0 Å². The van der Waals surface area contributed by atoms with Gasteiger partial charge < -0.3 is 25.1 Å². The Labute approximate surface area is 179 Å². The van der Waals surface area contributed by atoms with Crippen LogP contribution >= 0.6 is 0 Å². The normalized spacial score (nSPS) is 12.7. The maximum atomic E-state index is 13.3. The molecule has 0 aliphatic heterocycles. The highest BCUT2D eigenvalue weighted by Gasteiger charge is 2.41. The fourth-order valence-corrected chi connectivity index (χ4v) is 3.05. The molecule has 0 saturated carbocycles. The number of anilines is 2. The first kappa shape index (κ1) is 21.8. The number of carbonyl (C=O) groups is 2. The number of nitrogen functional groups attached to an aromatic ring is 1. The largest absolute Gasteiger partial charge is 0.497 e. The number of amides is 2. The summed E-state index contributed by atoms with van der Waals surface area (Å²) in [6.45, 7) is 3.41. The number of hydrogen-bond donors (Lipinski definition) is 2. The van der Waals surface area contributed by atoms with Gasteiger partial charge in [-0.3, -0.25) is 9.59 Å². The Hall–Kier alpha value is -3.89. The molecule has 1 atom stereocenters. The molecule has 0 aliphatic rings. The van der Waals surface area contributed by atoms with Gasteiger partial charge in [-0.05, 0) is 60.2 Å². The van der Waals surface area contributed by atoms with E-state index in [2.05, 4.69) is 20.8 Å². The number of nitrogens with zero attached hydrogens (tertiary/aromatic N) is 5. The van der Waals surface area contributed by atoms with Gasteiger partial charge in [0.25, 0.3) is 0 Å². The topological polar surface area (TPSA) is 141 Å². The van der Waals surface area contributed by atoms with Crippen LogP contribution in [-0.4, -0.2) is 49.6 Å². The summed E-state index contributed by atoms with van der Waals surface area (Å²) in [5.74, 6) is 0.487. The second-order valence-electron chi connectivity index (χ2n) is 7.06. The van der Waals surface area contributed by atoms with E-state index in [4.69, 9.17) is 14.9 Å². The molecule has 3 N–H and O–H groups in total. The molecule has 0 fully saturated rings. The molecule has 0 spiro atoms. The van der Waals surface area contributed by atoms with Crippen molar-refractivity contribution in [1.82, 2.24) is 25.1 Å². The highest BCUT2D eigenvalue weighted by Crippen LogP contribution is 2.26. The van der Waals surface area contributed by atoms with Crippen molar-refractivity contribution in [3.8, 4) is 5.75 Å². The number of aromatic nitrogens is 4. The fraction of sp³-hybridized carbons (Fsp3) is 0.350. The van der Waals surface area contributed by atoms with Crippen LogP contribution in [0, 0.1) is 0 Å². The summed E-state index contributed by atoms with van der Waals surface area (Å²) in [5, 5.41) is 13.6. The minimum Gasteiger partial charge on any atom is -0.497 e. The number of nitrogens with two attached hydrogens (primary N) is 1. The van der Waals surface area contributed by atoms with Crippen molar-refractivity contribution in [2.75, 3.05) is 18.2 Å². The number of tetrazole rings is 1. The van der Waals surface area contributed by atoms with Crippen molar-refractivity contribution in [3.05, 3.63) is 48.4 Å². The smallest absolute Gasteiger partial charge is 0.250 e. The Morgan fingerprint density at radius 1 is 1.29 bits per heavy atom. The third kappa shape index (κ3) is 4.82. The van der Waals surface area contributed by atoms with E-state index in [1.807, 2.05) is 6.92 Å². The number of rotatable bonds is 9. The summed E-state index contributed by atoms with van der Waals surface area (Å²) in [6, 6.07) is 10.4. The van der Waals surface area contributed by atoms with Crippen LogP contribution in [0.1, 0.15) is 26.0 Å². The first-order chi connectivity index (χ1) is 14.9. The van der Waals surface area contributed by atoms with Crippen molar-refractivity contribution in [1.29, 1.82) is 0 Å². The molecular weight excluding hydrogens is 402 g/mol. The molecule has 2 heterocycles.